The Hall–Kier alpha value is -2.31. The van der Waals surface area contributed by atoms with Gasteiger partial charge < -0.3 is 4.67 Å². The lowest BCUT2D eigenvalue weighted by atomic mass is 10.2. The van der Waals surface area contributed by atoms with Gasteiger partial charge in [0.1, 0.15) is 0 Å². The highest BCUT2D eigenvalue weighted by Gasteiger charge is 2.41. The number of aryl methyl sites for hydroxylation is 1. The van der Waals surface area contributed by atoms with E-state index in [0.717, 1.165) is 21.9 Å². The summed E-state index contributed by atoms with van der Waals surface area (Å²) in [6, 6.07) is 26.2. The second-order valence-electron chi connectivity index (χ2n) is 5.93. The molecule has 0 fully saturated rings. The van der Waals surface area contributed by atoms with E-state index in [1.165, 1.54) is 5.56 Å². The minimum Gasteiger partial charge on any atom is -0.311 e. The monoisotopic (exact) mass is 319 g/mol. The van der Waals surface area contributed by atoms with Gasteiger partial charge in [-0.15, -0.1) is 0 Å². The molecule has 3 aromatic carbocycles. The minimum atomic E-state index is -2.83. The fraction of sp³-hybridized carbons (Fsp3) is 0.100. The first-order valence-corrected chi connectivity index (χ1v) is 9.44. The van der Waals surface area contributed by atoms with Crippen LogP contribution in [0, 0.1) is 6.92 Å². The maximum absolute atomic E-state index is 14.2. The highest BCUT2D eigenvalue weighted by Crippen LogP contribution is 2.55. The Morgan fingerprint density at radius 3 is 2.22 bits per heavy atom. The molecule has 4 rings (SSSR count). The van der Waals surface area contributed by atoms with Crippen LogP contribution in [-0.4, -0.2) is 0 Å². The zero-order chi connectivity index (χ0) is 15.9. The highest BCUT2D eigenvalue weighted by molar-refractivity contribution is 7.80. The molecule has 1 heterocycles. The lowest BCUT2D eigenvalue weighted by Crippen LogP contribution is -2.24. The lowest BCUT2D eigenvalue weighted by Gasteiger charge is -2.28. The Kier molecular flexibility index (Phi) is 3.36. The van der Waals surface area contributed by atoms with E-state index in [0.29, 0.717) is 6.54 Å². The van der Waals surface area contributed by atoms with Crippen LogP contribution < -0.4 is 15.3 Å². The normalized spacial score (nSPS) is 19.6. The van der Waals surface area contributed by atoms with Crippen molar-refractivity contribution in [2.24, 2.45) is 0 Å². The molecular formula is C20H18NOP. The Balaban J connectivity index is 1.94. The Morgan fingerprint density at radius 1 is 0.826 bits per heavy atom. The molecule has 0 bridgehead atoms. The van der Waals surface area contributed by atoms with E-state index in [4.69, 9.17) is 0 Å². The van der Waals surface area contributed by atoms with Crippen molar-refractivity contribution < 1.29 is 4.57 Å². The van der Waals surface area contributed by atoms with Crippen LogP contribution in [0.15, 0.2) is 78.9 Å². The van der Waals surface area contributed by atoms with Gasteiger partial charge in [-0.25, -0.2) is 0 Å². The average molecular weight is 319 g/mol. The molecule has 0 radical (unpaired) electrons. The number of anilines is 1. The average Bonchev–Trinajstić information content (AvgIpc) is 2.91. The van der Waals surface area contributed by atoms with Gasteiger partial charge in [0.05, 0.1) is 6.54 Å². The van der Waals surface area contributed by atoms with Crippen molar-refractivity contribution in [2.45, 2.75) is 13.5 Å². The number of fused-ring (bicyclic) bond motifs is 1. The zero-order valence-corrected chi connectivity index (χ0v) is 13.9. The summed E-state index contributed by atoms with van der Waals surface area (Å²) in [6.45, 7) is 2.74. The third-order valence-corrected chi connectivity index (χ3v) is 7.56. The van der Waals surface area contributed by atoms with Crippen LogP contribution in [0.1, 0.15) is 11.1 Å². The van der Waals surface area contributed by atoms with Crippen molar-refractivity contribution in [3.8, 4) is 0 Å². The molecule has 23 heavy (non-hydrogen) atoms. The topological polar surface area (TPSA) is 20.3 Å². The molecule has 0 amide bonds. The van der Waals surface area contributed by atoms with Crippen molar-refractivity contribution in [3.05, 3.63) is 90.0 Å². The second kappa shape index (κ2) is 5.40. The molecule has 0 aliphatic carbocycles. The van der Waals surface area contributed by atoms with Gasteiger partial charge in [-0.1, -0.05) is 54.1 Å². The standard InChI is InChI=1S/C20H18NOP/c1-16-11-13-19(14-12-16)23(22)20-10-6-5-7-17(20)15-21(23)18-8-3-2-4-9-18/h2-14H,15H2,1H3. The van der Waals surface area contributed by atoms with Crippen LogP contribution in [0.3, 0.4) is 0 Å². The molecule has 1 unspecified atom stereocenters. The molecule has 0 saturated heterocycles. The molecule has 0 spiro atoms. The number of hydrogen-bond acceptors (Lipinski definition) is 1. The summed E-state index contributed by atoms with van der Waals surface area (Å²) in [7, 11) is -2.83. The van der Waals surface area contributed by atoms with Gasteiger partial charge >= 0.3 is 0 Å². The molecule has 1 aliphatic heterocycles. The first-order chi connectivity index (χ1) is 11.2. The SMILES string of the molecule is Cc1ccc(P2(=O)c3ccccc3CN2c2ccccc2)cc1. The zero-order valence-electron chi connectivity index (χ0n) is 13.0. The third-order valence-electron chi connectivity index (χ3n) is 4.42. The quantitative estimate of drug-likeness (QED) is 0.658. The molecular weight excluding hydrogens is 301 g/mol. The highest BCUT2D eigenvalue weighted by atomic mass is 31.2. The van der Waals surface area contributed by atoms with Gasteiger partial charge in [0.25, 0.3) is 0 Å². The molecule has 1 aliphatic rings. The second-order valence-corrected chi connectivity index (χ2v) is 8.57. The third kappa shape index (κ3) is 2.22. The van der Waals surface area contributed by atoms with Gasteiger partial charge in [-0.2, -0.15) is 0 Å². The van der Waals surface area contributed by atoms with Crippen molar-refractivity contribution in [1.82, 2.24) is 0 Å². The van der Waals surface area contributed by atoms with Gasteiger partial charge in [0.2, 0.25) is 7.29 Å². The van der Waals surface area contributed by atoms with E-state index >= 15 is 0 Å². The molecule has 0 aromatic heterocycles. The lowest BCUT2D eigenvalue weighted by molar-refractivity contribution is 0.585. The summed E-state index contributed by atoms with van der Waals surface area (Å²) in [5.74, 6) is 0. The van der Waals surface area contributed by atoms with Gasteiger partial charge in [0, 0.05) is 16.3 Å². The summed E-state index contributed by atoms with van der Waals surface area (Å²) in [6.07, 6.45) is 0. The van der Waals surface area contributed by atoms with E-state index in [-0.39, 0.29) is 0 Å². The molecule has 3 aromatic rings. The van der Waals surface area contributed by atoms with E-state index in [1.54, 1.807) is 0 Å². The van der Waals surface area contributed by atoms with Crippen LogP contribution in [0.4, 0.5) is 5.69 Å². The van der Waals surface area contributed by atoms with Crippen LogP contribution in [-0.2, 0) is 11.1 Å². The maximum atomic E-state index is 14.2. The number of rotatable bonds is 2. The van der Waals surface area contributed by atoms with Crippen molar-refractivity contribution in [2.75, 3.05) is 4.67 Å². The summed E-state index contributed by atoms with van der Waals surface area (Å²) >= 11 is 0. The van der Waals surface area contributed by atoms with Crippen LogP contribution in [0.5, 0.6) is 0 Å². The molecule has 114 valence electrons. The molecule has 0 N–H and O–H groups in total. The Labute approximate surface area is 136 Å². The van der Waals surface area contributed by atoms with Crippen LogP contribution in [0.2, 0.25) is 0 Å². The molecule has 3 heteroatoms. The van der Waals surface area contributed by atoms with Crippen LogP contribution in [0.25, 0.3) is 0 Å². The smallest absolute Gasteiger partial charge is 0.230 e. The van der Waals surface area contributed by atoms with E-state index in [1.807, 2.05) is 72.8 Å². The maximum Gasteiger partial charge on any atom is 0.230 e. The molecule has 1 atom stereocenters. The first kappa shape index (κ1) is 14.3. The van der Waals surface area contributed by atoms with E-state index < -0.39 is 7.29 Å². The number of nitrogens with zero attached hydrogens (tertiary/aromatic N) is 1. The largest absolute Gasteiger partial charge is 0.311 e. The van der Waals surface area contributed by atoms with Crippen LogP contribution >= 0.6 is 7.29 Å². The predicted molar refractivity (Wildman–Crippen MR) is 97.1 cm³/mol. The summed E-state index contributed by atoms with van der Waals surface area (Å²) < 4.78 is 16.3. The van der Waals surface area contributed by atoms with Gasteiger partial charge in [-0.05, 0) is 42.8 Å². The summed E-state index contributed by atoms with van der Waals surface area (Å²) in [4.78, 5) is 0. The van der Waals surface area contributed by atoms with Gasteiger partial charge in [-0.3, -0.25) is 4.57 Å². The molecule has 0 saturated carbocycles. The Morgan fingerprint density at radius 2 is 1.48 bits per heavy atom. The Bertz CT molecular complexity index is 887. The van der Waals surface area contributed by atoms with E-state index in [9.17, 15) is 4.57 Å². The molecule has 2 nitrogen and oxygen atoms in total. The fourth-order valence-electron chi connectivity index (χ4n) is 3.21. The predicted octanol–water partition coefficient (Wildman–Crippen LogP) is 4.24. The number of hydrogen-bond donors (Lipinski definition) is 0. The fourth-order valence-corrected chi connectivity index (χ4v) is 6.21. The van der Waals surface area contributed by atoms with Crippen molar-refractivity contribution in [3.63, 3.8) is 0 Å². The van der Waals surface area contributed by atoms with E-state index in [2.05, 4.69) is 17.7 Å². The summed E-state index contributed by atoms with van der Waals surface area (Å²) in [5.41, 5.74) is 3.34. The number of benzene rings is 3. The first-order valence-electron chi connectivity index (χ1n) is 7.78. The minimum absolute atomic E-state index is 0.686. The number of para-hydroxylation sites is 1. The van der Waals surface area contributed by atoms with Crippen molar-refractivity contribution in [1.29, 1.82) is 0 Å². The van der Waals surface area contributed by atoms with Crippen molar-refractivity contribution >= 4 is 23.6 Å². The van der Waals surface area contributed by atoms with Gasteiger partial charge in [0.15, 0.2) is 0 Å². The summed E-state index contributed by atoms with van der Waals surface area (Å²) in [5, 5.41) is 1.87.